The lowest BCUT2D eigenvalue weighted by Crippen LogP contribution is -2.15. The zero-order chi connectivity index (χ0) is 21.1. The van der Waals surface area contributed by atoms with Crippen molar-refractivity contribution in [1.29, 1.82) is 0 Å². The molecule has 1 unspecified atom stereocenters. The van der Waals surface area contributed by atoms with Crippen LogP contribution in [0.5, 0.6) is 0 Å². The second kappa shape index (κ2) is 8.61. The van der Waals surface area contributed by atoms with Crippen molar-refractivity contribution in [2.45, 2.75) is 17.5 Å². The van der Waals surface area contributed by atoms with Crippen LogP contribution in [0.3, 0.4) is 0 Å². The van der Waals surface area contributed by atoms with Crippen LogP contribution in [0.15, 0.2) is 59.8 Å². The van der Waals surface area contributed by atoms with Crippen LogP contribution >= 0.6 is 11.8 Å². The Hall–Kier alpha value is -2.65. The Morgan fingerprint density at radius 3 is 2.60 bits per heavy atom. The van der Waals surface area contributed by atoms with Crippen molar-refractivity contribution in [2.24, 2.45) is 7.05 Å². The number of hydrogen-bond donors (Lipinski definition) is 1. The Balaban J connectivity index is 1.41. The largest absolute Gasteiger partial charge is 0.325 e. The van der Waals surface area contributed by atoms with E-state index in [1.807, 2.05) is 61.6 Å². The summed E-state index contributed by atoms with van der Waals surface area (Å²) in [5.41, 5.74) is 2.74. The maximum atomic E-state index is 12.6. The number of sulfone groups is 1. The number of thioether (sulfide) groups is 1. The Kier molecular flexibility index (Phi) is 5.92. The lowest BCUT2D eigenvalue weighted by molar-refractivity contribution is -0.113. The minimum Gasteiger partial charge on any atom is -0.325 e. The number of benzene rings is 2. The lowest BCUT2D eigenvalue weighted by atomic mass is 10.0. The summed E-state index contributed by atoms with van der Waals surface area (Å²) in [5.74, 6) is 0.868. The molecule has 0 saturated carbocycles. The van der Waals surface area contributed by atoms with E-state index in [0.29, 0.717) is 17.4 Å². The van der Waals surface area contributed by atoms with Crippen molar-refractivity contribution in [3.05, 3.63) is 60.4 Å². The fraction of sp³-hybridized carbons (Fsp3) is 0.286. The highest BCUT2D eigenvalue weighted by atomic mass is 32.2. The van der Waals surface area contributed by atoms with E-state index in [1.165, 1.54) is 11.8 Å². The number of hydrogen-bond acceptors (Lipinski definition) is 6. The highest BCUT2D eigenvalue weighted by molar-refractivity contribution is 7.99. The van der Waals surface area contributed by atoms with Crippen LogP contribution in [-0.2, 0) is 21.7 Å². The van der Waals surface area contributed by atoms with Gasteiger partial charge in [0, 0.05) is 24.2 Å². The lowest BCUT2D eigenvalue weighted by Gasteiger charge is -2.11. The van der Waals surface area contributed by atoms with Crippen LogP contribution in [0.4, 0.5) is 5.69 Å². The average molecular weight is 443 g/mol. The van der Waals surface area contributed by atoms with Gasteiger partial charge in [-0.1, -0.05) is 60.3 Å². The summed E-state index contributed by atoms with van der Waals surface area (Å²) in [5, 5.41) is 11.9. The monoisotopic (exact) mass is 442 g/mol. The molecule has 30 heavy (non-hydrogen) atoms. The summed E-state index contributed by atoms with van der Waals surface area (Å²) in [6.45, 7) is 0. The molecule has 9 heteroatoms. The Morgan fingerprint density at radius 2 is 1.87 bits per heavy atom. The standard InChI is InChI=1S/C21H22N4O3S2/c1-25-20(16-11-12-30(27,28)14-16)23-24-21(25)29-13-19(26)22-18-10-6-5-9-17(18)15-7-3-2-4-8-15/h2-10,16H,11-14H2,1H3,(H,22,26). The number of carbonyl (C=O) groups excluding carboxylic acids is 1. The first-order chi connectivity index (χ1) is 14.4. The third kappa shape index (κ3) is 4.57. The Bertz CT molecular complexity index is 1160. The van der Waals surface area contributed by atoms with Gasteiger partial charge < -0.3 is 9.88 Å². The molecule has 7 nitrogen and oxygen atoms in total. The molecule has 1 saturated heterocycles. The van der Waals surface area contributed by atoms with Crippen molar-refractivity contribution < 1.29 is 13.2 Å². The molecule has 1 aliphatic heterocycles. The molecular weight excluding hydrogens is 420 g/mol. The molecule has 1 aromatic heterocycles. The molecule has 0 spiro atoms. The number of amides is 1. The molecule has 156 valence electrons. The molecule has 1 fully saturated rings. The first kappa shape index (κ1) is 20.6. The summed E-state index contributed by atoms with van der Waals surface area (Å²) in [6.07, 6.45) is 0.565. The van der Waals surface area contributed by atoms with E-state index in [-0.39, 0.29) is 29.1 Å². The molecule has 1 atom stereocenters. The number of para-hydroxylation sites is 1. The molecule has 0 bridgehead atoms. The number of carbonyl (C=O) groups is 1. The van der Waals surface area contributed by atoms with Crippen molar-refractivity contribution in [2.75, 3.05) is 22.6 Å². The van der Waals surface area contributed by atoms with Gasteiger partial charge >= 0.3 is 0 Å². The predicted molar refractivity (Wildman–Crippen MR) is 118 cm³/mol. The van der Waals surface area contributed by atoms with Gasteiger partial charge in [0.1, 0.15) is 5.82 Å². The van der Waals surface area contributed by atoms with Crippen LogP contribution in [0.1, 0.15) is 18.2 Å². The maximum absolute atomic E-state index is 12.6. The van der Waals surface area contributed by atoms with Crippen LogP contribution in [0.25, 0.3) is 11.1 Å². The first-order valence-corrected chi connectivity index (χ1v) is 12.4. The van der Waals surface area contributed by atoms with E-state index >= 15 is 0 Å². The first-order valence-electron chi connectivity index (χ1n) is 9.60. The second-order valence-electron chi connectivity index (χ2n) is 7.25. The quantitative estimate of drug-likeness (QED) is 0.590. The fourth-order valence-electron chi connectivity index (χ4n) is 3.58. The predicted octanol–water partition coefficient (Wildman–Crippen LogP) is 3.12. The third-order valence-corrected chi connectivity index (χ3v) is 7.87. The van der Waals surface area contributed by atoms with E-state index < -0.39 is 9.84 Å². The summed E-state index contributed by atoms with van der Waals surface area (Å²) >= 11 is 1.28. The highest BCUT2D eigenvalue weighted by Gasteiger charge is 2.32. The van der Waals surface area contributed by atoms with Crippen molar-refractivity contribution >= 4 is 33.2 Å². The van der Waals surface area contributed by atoms with Gasteiger partial charge in [0.15, 0.2) is 15.0 Å². The molecule has 0 aliphatic carbocycles. The van der Waals surface area contributed by atoms with E-state index in [0.717, 1.165) is 16.8 Å². The van der Waals surface area contributed by atoms with Gasteiger partial charge in [0.25, 0.3) is 0 Å². The van der Waals surface area contributed by atoms with Crippen molar-refractivity contribution in [3.8, 4) is 11.1 Å². The molecular formula is C21H22N4O3S2. The summed E-state index contributed by atoms with van der Waals surface area (Å²) in [4.78, 5) is 12.6. The summed E-state index contributed by atoms with van der Waals surface area (Å²) < 4.78 is 25.3. The van der Waals surface area contributed by atoms with Crippen molar-refractivity contribution in [1.82, 2.24) is 14.8 Å². The molecule has 1 N–H and O–H groups in total. The Labute approximate surface area is 179 Å². The van der Waals surface area contributed by atoms with Gasteiger partial charge in [-0.05, 0) is 18.1 Å². The minimum absolute atomic E-state index is 0.112. The zero-order valence-corrected chi connectivity index (χ0v) is 18.1. The fourth-order valence-corrected chi connectivity index (χ4v) is 6.04. The number of aromatic nitrogens is 3. The topological polar surface area (TPSA) is 93.9 Å². The highest BCUT2D eigenvalue weighted by Crippen LogP contribution is 2.30. The smallest absolute Gasteiger partial charge is 0.234 e. The molecule has 0 radical (unpaired) electrons. The molecule has 2 heterocycles. The van der Waals surface area contributed by atoms with Crippen molar-refractivity contribution in [3.63, 3.8) is 0 Å². The number of nitrogens with one attached hydrogen (secondary N) is 1. The molecule has 1 amide bonds. The van der Waals surface area contributed by atoms with E-state index in [1.54, 1.807) is 4.57 Å². The third-order valence-electron chi connectivity index (χ3n) is 5.08. The van der Waals surface area contributed by atoms with E-state index in [4.69, 9.17) is 0 Å². The molecule has 2 aromatic carbocycles. The number of rotatable bonds is 6. The summed E-state index contributed by atoms with van der Waals surface area (Å²) in [7, 11) is -1.18. The van der Waals surface area contributed by atoms with Crippen LogP contribution in [-0.4, -0.2) is 46.3 Å². The van der Waals surface area contributed by atoms with E-state index in [2.05, 4.69) is 15.5 Å². The molecule has 3 aromatic rings. The molecule has 1 aliphatic rings. The Morgan fingerprint density at radius 1 is 1.13 bits per heavy atom. The van der Waals surface area contributed by atoms with Gasteiger partial charge in [-0.2, -0.15) is 0 Å². The number of anilines is 1. The van der Waals surface area contributed by atoms with Gasteiger partial charge in [0.2, 0.25) is 5.91 Å². The van der Waals surface area contributed by atoms with Gasteiger partial charge in [-0.15, -0.1) is 10.2 Å². The van der Waals surface area contributed by atoms with Gasteiger partial charge in [-0.25, -0.2) is 8.42 Å². The average Bonchev–Trinajstić information content (AvgIpc) is 3.29. The van der Waals surface area contributed by atoms with Crippen LogP contribution in [0, 0.1) is 0 Å². The summed E-state index contributed by atoms with van der Waals surface area (Å²) in [6, 6.07) is 17.6. The van der Waals surface area contributed by atoms with Crippen LogP contribution in [0.2, 0.25) is 0 Å². The number of nitrogens with zero attached hydrogens (tertiary/aromatic N) is 3. The second-order valence-corrected chi connectivity index (χ2v) is 10.4. The van der Waals surface area contributed by atoms with Gasteiger partial charge in [0.05, 0.1) is 17.3 Å². The zero-order valence-electron chi connectivity index (χ0n) is 16.5. The normalized spacial score (nSPS) is 17.7. The maximum Gasteiger partial charge on any atom is 0.234 e. The minimum atomic E-state index is -2.99. The van der Waals surface area contributed by atoms with E-state index in [9.17, 15) is 13.2 Å². The molecule has 4 rings (SSSR count). The van der Waals surface area contributed by atoms with Crippen LogP contribution < -0.4 is 5.32 Å². The SMILES string of the molecule is Cn1c(SCC(=O)Nc2ccccc2-c2ccccc2)nnc1C1CCS(=O)(=O)C1. The van der Waals surface area contributed by atoms with Gasteiger partial charge in [-0.3, -0.25) is 4.79 Å².